The Bertz CT molecular complexity index is 1130. The molecule has 1 saturated heterocycles. The van der Waals surface area contributed by atoms with Gasteiger partial charge in [0.2, 0.25) is 16.9 Å². The van der Waals surface area contributed by atoms with E-state index in [0.29, 0.717) is 33.7 Å². The monoisotopic (exact) mass is 457 g/mol. The van der Waals surface area contributed by atoms with Gasteiger partial charge in [0.1, 0.15) is 5.01 Å². The maximum Gasteiger partial charge on any atom is 0.269 e. The number of nitrogens with zero attached hydrogens (tertiary/aromatic N) is 4. The number of hydrogen-bond acceptors (Lipinski definition) is 7. The average molecular weight is 458 g/mol. The summed E-state index contributed by atoms with van der Waals surface area (Å²) in [6.45, 7) is 0.478. The van der Waals surface area contributed by atoms with Crippen molar-refractivity contribution in [1.29, 1.82) is 0 Å². The molecule has 1 fully saturated rings. The summed E-state index contributed by atoms with van der Waals surface area (Å²) in [5, 5.41) is 23.2. The molecule has 0 aliphatic carbocycles. The first-order chi connectivity index (χ1) is 14.9. The van der Waals surface area contributed by atoms with E-state index in [0.717, 1.165) is 5.69 Å². The van der Waals surface area contributed by atoms with E-state index < -0.39 is 4.92 Å². The van der Waals surface area contributed by atoms with Gasteiger partial charge in [-0.25, -0.2) is 0 Å². The van der Waals surface area contributed by atoms with Gasteiger partial charge in [-0.15, -0.1) is 10.2 Å². The standard InChI is InChI=1S/C20H16ClN5O4S/c21-14-3-7-15(8-4-14)25-11-13(10-18(25)28)19-23-24-20(31-19)22-17(27)9-12-1-5-16(6-2-12)26(29)30/h1-8,13H,9-11H2,(H,22,24,27). The van der Waals surface area contributed by atoms with E-state index in [2.05, 4.69) is 15.5 Å². The molecular weight excluding hydrogens is 442 g/mol. The lowest BCUT2D eigenvalue weighted by molar-refractivity contribution is -0.384. The van der Waals surface area contributed by atoms with Gasteiger partial charge in [0.05, 0.1) is 11.3 Å². The van der Waals surface area contributed by atoms with Crippen molar-refractivity contribution in [2.24, 2.45) is 0 Å². The number of nitro benzene ring substituents is 1. The molecule has 0 bridgehead atoms. The molecular formula is C20H16ClN5O4S. The van der Waals surface area contributed by atoms with Gasteiger partial charge in [-0.05, 0) is 29.8 Å². The van der Waals surface area contributed by atoms with Crippen LogP contribution in [0.4, 0.5) is 16.5 Å². The highest BCUT2D eigenvalue weighted by atomic mass is 35.5. The van der Waals surface area contributed by atoms with Crippen molar-refractivity contribution in [2.75, 3.05) is 16.8 Å². The summed E-state index contributed by atoms with van der Waals surface area (Å²) >= 11 is 7.15. The van der Waals surface area contributed by atoms with Crippen LogP contribution in [0.15, 0.2) is 48.5 Å². The molecule has 0 saturated carbocycles. The number of benzene rings is 2. The molecule has 1 aliphatic rings. The predicted molar refractivity (Wildman–Crippen MR) is 117 cm³/mol. The van der Waals surface area contributed by atoms with Crippen LogP contribution in [-0.2, 0) is 16.0 Å². The number of halogens is 1. The molecule has 4 rings (SSSR count). The Balaban J connectivity index is 1.37. The highest BCUT2D eigenvalue weighted by molar-refractivity contribution is 7.15. The molecule has 2 heterocycles. The van der Waals surface area contributed by atoms with Crippen molar-refractivity contribution in [3.05, 3.63) is 74.2 Å². The summed E-state index contributed by atoms with van der Waals surface area (Å²) in [5.41, 5.74) is 1.39. The smallest absolute Gasteiger partial charge is 0.269 e. The van der Waals surface area contributed by atoms with Crippen LogP contribution in [0.25, 0.3) is 0 Å². The molecule has 0 radical (unpaired) electrons. The largest absolute Gasteiger partial charge is 0.312 e. The molecule has 1 N–H and O–H groups in total. The molecule has 3 aromatic rings. The van der Waals surface area contributed by atoms with Crippen molar-refractivity contribution >= 4 is 51.3 Å². The van der Waals surface area contributed by atoms with E-state index >= 15 is 0 Å². The normalized spacial score (nSPS) is 15.8. The zero-order valence-corrected chi connectivity index (χ0v) is 17.6. The highest BCUT2D eigenvalue weighted by Gasteiger charge is 2.34. The molecule has 11 heteroatoms. The fourth-order valence-electron chi connectivity index (χ4n) is 3.28. The Hall–Kier alpha value is -3.37. The van der Waals surface area contributed by atoms with E-state index in [9.17, 15) is 19.7 Å². The quantitative estimate of drug-likeness (QED) is 0.444. The first kappa shape index (κ1) is 20.9. The zero-order valence-electron chi connectivity index (χ0n) is 16.0. The number of carbonyl (C=O) groups excluding carboxylic acids is 2. The molecule has 1 aliphatic heterocycles. The van der Waals surface area contributed by atoms with Crippen LogP contribution in [0.5, 0.6) is 0 Å². The molecule has 158 valence electrons. The SMILES string of the molecule is O=C(Cc1ccc([N+](=O)[O-])cc1)Nc1nnc(C2CC(=O)N(c3ccc(Cl)cc3)C2)s1. The van der Waals surface area contributed by atoms with Crippen LogP contribution in [0.2, 0.25) is 5.02 Å². The second-order valence-corrected chi connectivity index (χ2v) is 8.42. The first-order valence-corrected chi connectivity index (χ1v) is 10.5. The number of nitrogens with one attached hydrogen (secondary N) is 1. The predicted octanol–water partition coefficient (Wildman–Crippen LogP) is 3.80. The Morgan fingerprint density at radius 1 is 1.19 bits per heavy atom. The van der Waals surface area contributed by atoms with E-state index in [1.54, 1.807) is 41.3 Å². The number of nitro groups is 1. The minimum atomic E-state index is -0.492. The molecule has 9 nitrogen and oxygen atoms in total. The summed E-state index contributed by atoms with van der Waals surface area (Å²) in [4.78, 5) is 36.6. The third-order valence-corrected chi connectivity index (χ3v) is 6.06. The van der Waals surface area contributed by atoms with Crippen molar-refractivity contribution in [3.63, 3.8) is 0 Å². The van der Waals surface area contributed by atoms with E-state index in [1.807, 2.05) is 0 Å². The van der Waals surface area contributed by atoms with Gasteiger partial charge in [-0.3, -0.25) is 19.7 Å². The second kappa shape index (κ2) is 8.78. The highest BCUT2D eigenvalue weighted by Crippen LogP contribution is 2.34. The lowest BCUT2D eigenvalue weighted by Gasteiger charge is -2.16. The fraction of sp³-hybridized carbons (Fsp3) is 0.200. The van der Waals surface area contributed by atoms with Gasteiger partial charge in [0.25, 0.3) is 5.69 Å². The van der Waals surface area contributed by atoms with Gasteiger partial charge in [-0.2, -0.15) is 0 Å². The van der Waals surface area contributed by atoms with Crippen LogP contribution in [0.1, 0.15) is 22.9 Å². The number of rotatable bonds is 6. The van der Waals surface area contributed by atoms with Crippen LogP contribution in [0, 0.1) is 10.1 Å². The van der Waals surface area contributed by atoms with E-state index in [4.69, 9.17) is 11.6 Å². The maximum atomic E-state index is 12.4. The minimum absolute atomic E-state index is 0.00807. The number of hydrogen-bond donors (Lipinski definition) is 1. The molecule has 1 unspecified atom stereocenters. The lowest BCUT2D eigenvalue weighted by Crippen LogP contribution is -2.24. The molecule has 1 atom stereocenters. The minimum Gasteiger partial charge on any atom is -0.312 e. The van der Waals surface area contributed by atoms with Gasteiger partial charge in [0, 0.05) is 41.7 Å². The number of anilines is 2. The van der Waals surface area contributed by atoms with Crippen LogP contribution >= 0.6 is 22.9 Å². The van der Waals surface area contributed by atoms with Crippen LogP contribution < -0.4 is 10.2 Å². The fourth-order valence-corrected chi connectivity index (χ4v) is 4.25. The summed E-state index contributed by atoms with van der Waals surface area (Å²) in [7, 11) is 0. The number of aromatic nitrogens is 2. The number of carbonyl (C=O) groups is 2. The first-order valence-electron chi connectivity index (χ1n) is 9.31. The molecule has 2 aromatic carbocycles. The Kier molecular flexibility index (Phi) is 5.92. The summed E-state index contributed by atoms with van der Waals surface area (Å²) in [5.74, 6) is -0.422. The van der Waals surface area contributed by atoms with E-state index in [-0.39, 0.29) is 29.8 Å². The van der Waals surface area contributed by atoms with Crippen molar-refractivity contribution in [2.45, 2.75) is 18.8 Å². The number of amides is 2. The molecule has 1 aromatic heterocycles. The van der Waals surface area contributed by atoms with Crippen LogP contribution in [0.3, 0.4) is 0 Å². The van der Waals surface area contributed by atoms with Gasteiger partial charge < -0.3 is 10.2 Å². The number of non-ortho nitro benzene ring substituents is 1. The van der Waals surface area contributed by atoms with Crippen LogP contribution in [-0.4, -0.2) is 33.5 Å². The molecule has 31 heavy (non-hydrogen) atoms. The molecule has 2 amide bonds. The van der Waals surface area contributed by atoms with Crippen molar-refractivity contribution in [3.8, 4) is 0 Å². The third-order valence-electron chi connectivity index (χ3n) is 4.81. The van der Waals surface area contributed by atoms with Gasteiger partial charge >= 0.3 is 0 Å². The van der Waals surface area contributed by atoms with E-state index in [1.165, 1.54) is 23.5 Å². The Labute approximate surface area is 185 Å². The van der Waals surface area contributed by atoms with Crippen molar-refractivity contribution < 1.29 is 14.5 Å². The van der Waals surface area contributed by atoms with Crippen molar-refractivity contribution in [1.82, 2.24) is 10.2 Å². The Morgan fingerprint density at radius 2 is 1.90 bits per heavy atom. The second-order valence-electron chi connectivity index (χ2n) is 6.98. The van der Waals surface area contributed by atoms with Gasteiger partial charge in [0.15, 0.2) is 0 Å². The van der Waals surface area contributed by atoms with Gasteiger partial charge in [-0.1, -0.05) is 35.1 Å². The average Bonchev–Trinajstić information content (AvgIpc) is 3.35. The Morgan fingerprint density at radius 3 is 2.58 bits per heavy atom. The molecule has 0 spiro atoms. The summed E-state index contributed by atoms with van der Waals surface area (Å²) in [6, 6.07) is 12.9. The zero-order chi connectivity index (χ0) is 22.0. The summed E-state index contributed by atoms with van der Waals surface area (Å²) < 4.78 is 0. The summed E-state index contributed by atoms with van der Waals surface area (Å²) in [6.07, 6.45) is 0.368. The lowest BCUT2D eigenvalue weighted by atomic mass is 10.1. The third kappa shape index (κ3) is 4.86. The maximum absolute atomic E-state index is 12.4. The topological polar surface area (TPSA) is 118 Å².